The first-order valence-electron chi connectivity index (χ1n) is 7.20. The molecule has 0 spiro atoms. The Hall–Kier alpha value is -1.77. The lowest BCUT2D eigenvalue weighted by Gasteiger charge is -2.19. The molecule has 0 amide bonds. The fourth-order valence-corrected chi connectivity index (χ4v) is 2.93. The zero-order chi connectivity index (χ0) is 13.1. The van der Waals surface area contributed by atoms with Gasteiger partial charge in [0.15, 0.2) is 0 Å². The van der Waals surface area contributed by atoms with E-state index in [1.54, 1.807) is 0 Å². The van der Waals surface area contributed by atoms with Crippen LogP contribution < -0.4 is 5.32 Å². The molecule has 3 rings (SSSR count). The van der Waals surface area contributed by atoms with Crippen molar-refractivity contribution in [1.82, 2.24) is 9.97 Å². The minimum atomic E-state index is 0.683. The van der Waals surface area contributed by atoms with Gasteiger partial charge < -0.3 is 10.3 Å². The number of imidazole rings is 1. The Labute approximate surface area is 114 Å². The van der Waals surface area contributed by atoms with Gasteiger partial charge in [0.25, 0.3) is 0 Å². The van der Waals surface area contributed by atoms with Crippen LogP contribution in [0.3, 0.4) is 0 Å². The van der Waals surface area contributed by atoms with E-state index in [-0.39, 0.29) is 0 Å². The summed E-state index contributed by atoms with van der Waals surface area (Å²) < 4.78 is 0. The molecule has 0 saturated heterocycles. The number of anilines is 1. The lowest BCUT2D eigenvalue weighted by Crippen LogP contribution is -2.04. The summed E-state index contributed by atoms with van der Waals surface area (Å²) in [7, 11) is 1.94. The summed E-state index contributed by atoms with van der Waals surface area (Å²) in [5.41, 5.74) is 3.58. The summed E-state index contributed by atoms with van der Waals surface area (Å²) in [5.74, 6) is 1.67. The summed E-state index contributed by atoms with van der Waals surface area (Å²) >= 11 is 0. The first-order chi connectivity index (χ1) is 9.36. The Bertz CT molecular complexity index is 538. The first kappa shape index (κ1) is 12.3. The monoisotopic (exact) mass is 255 g/mol. The molecule has 1 aromatic carbocycles. The Morgan fingerprint density at radius 3 is 2.84 bits per heavy atom. The van der Waals surface area contributed by atoms with Crippen molar-refractivity contribution in [1.29, 1.82) is 0 Å². The molecular formula is C16H21N3. The molecule has 3 nitrogen and oxygen atoms in total. The van der Waals surface area contributed by atoms with Gasteiger partial charge in [-0.3, -0.25) is 0 Å². The van der Waals surface area contributed by atoms with E-state index in [9.17, 15) is 0 Å². The fraction of sp³-hybridized carbons (Fsp3) is 0.438. The third-order valence-electron chi connectivity index (χ3n) is 4.07. The van der Waals surface area contributed by atoms with E-state index in [1.165, 1.54) is 37.8 Å². The van der Waals surface area contributed by atoms with E-state index in [4.69, 9.17) is 0 Å². The topological polar surface area (TPSA) is 40.7 Å². The highest BCUT2D eigenvalue weighted by atomic mass is 14.9. The van der Waals surface area contributed by atoms with Crippen molar-refractivity contribution in [3.05, 3.63) is 36.2 Å². The van der Waals surface area contributed by atoms with Crippen molar-refractivity contribution in [2.75, 3.05) is 12.4 Å². The molecular weight excluding hydrogens is 234 g/mol. The molecule has 1 aliphatic carbocycles. The second-order valence-corrected chi connectivity index (χ2v) is 5.35. The van der Waals surface area contributed by atoms with Crippen LogP contribution in [0.25, 0.3) is 11.4 Å². The number of hydrogen-bond donors (Lipinski definition) is 2. The van der Waals surface area contributed by atoms with Gasteiger partial charge in [-0.15, -0.1) is 0 Å². The molecule has 1 heterocycles. The summed E-state index contributed by atoms with van der Waals surface area (Å²) in [6, 6.07) is 8.35. The van der Waals surface area contributed by atoms with Crippen molar-refractivity contribution in [2.45, 2.75) is 38.0 Å². The number of rotatable bonds is 3. The van der Waals surface area contributed by atoms with Crippen LogP contribution in [0.2, 0.25) is 0 Å². The molecule has 1 fully saturated rings. The molecule has 0 unspecified atom stereocenters. The predicted molar refractivity (Wildman–Crippen MR) is 79.4 cm³/mol. The van der Waals surface area contributed by atoms with Gasteiger partial charge in [0, 0.05) is 36.1 Å². The van der Waals surface area contributed by atoms with E-state index in [2.05, 4.69) is 39.6 Å². The number of aromatic nitrogens is 2. The van der Waals surface area contributed by atoms with Crippen LogP contribution in [-0.4, -0.2) is 17.0 Å². The number of aromatic amines is 1. The molecule has 0 radical (unpaired) electrons. The lowest BCUT2D eigenvalue weighted by molar-refractivity contribution is 0.438. The average Bonchev–Trinajstić information content (AvgIpc) is 2.98. The highest BCUT2D eigenvalue weighted by molar-refractivity contribution is 5.62. The minimum Gasteiger partial charge on any atom is -0.388 e. The van der Waals surface area contributed by atoms with Gasteiger partial charge in [-0.1, -0.05) is 31.4 Å². The number of nitrogens with zero attached hydrogens (tertiary/aromatic N) is 1. The Morgan fingerprint density at radius 2 is 2.05 bits per heavy atom. The van der Waals surface area contributed by atoms with Crippen molar-refractivity contribution in [2.24, 2.45) is 0 Å². The molecule has 1 aliphatic rings. The van der Waals surface area contributed by atoms with E-state index >= 15 is 0 Å². The quantitative estimate of drug-likeness (QED) is 0.864. The second-order valence-electron chi connectivity index (χ2n) is 5.35. The lowest BCUT2D eigenvalue weighted by atomic mass is 9.87. The van der Waals surface area contributed by atoms with Crippen molar-refractivity contribution in [3.63, 3.8) is 0 Å². The molecule has 19 heavy (non-hydrogen) atoms. The molecule has 1 aromatic heterocycles. The third-order valence-corrected chi connectivity index (χ3v) is 4.07. The van der Waals surface area contributed by atoms with Crippen LogP contribution in [0.5, 0.6) is 0 Å². The number of benzene rings is 1. The molecule has 0 bridgehead atoms. The highest BCUT2D eigenvalue weighted by Crippen LogP contribution is 2.32. The Morgan fingerprint density at radius 1 is 1.21 bits per heavy atom. The highest BCUT2D eigenvalue weighted by Gasteiger charge is 2.17. The molecule has 1 saturated carbocycles. The van der Waals surface area contributed by atoms with Crippen LogP contribution in [0.1, 0.15) is 43.7 Å². The van der Waals surface area contributed by atoms with Crippen LogP contribution in [0, 0.1) is 0 Å². The largest absolute Gasteiger partial charge is 0.388 e. The van der Waals surface area contributed by atoms with Crippen LogP contribution in [-0.2, 0) is 0 Å². The first-order valence-corrected chi connectivity index (χ1v) is 7.20. The summed E-state index contributed by atoms with van der Waals surface area (Å²) in [4.78, 5) is 8.07. The summed E-state index contributed by atoms with van der Waals surface area (Å²) in [6.07, 6.45) is 8.73. The van der Waals surface area contributed by atoms with E-state index in [0.717, 1.165) is 17.1 Å². The van der Waals surface area contributed by atoms with Gasteiger partial charge in [0.1, 0.15) is 5.82 Å². The molecule has 0 aliphatic heterocycles. The van der Waals surface area contributed by atoms with E-state index < -0.39 is 0 Å². The standard InChI is InChI=1S/C16H21N3/c1-17-14-9-5-8-13(10-14)16-18-11-15(19-16)12-6-3-2-4-7-12/h5,8-12,17H,2-4,6-7H2,1H3,(H,18,19). The SMILES string of the molecule is CNc1cccc(-c2ncc(C3CCCCC3)[nH]2)c1. The molecule has 2 aromatic rings. The van der Waals surface area contributed by atoms with Gasteiger partial charge in [-0.2, -0.15) is 0 Å². The Kier molecular flexibility index (Phi) is 3.53. The van der Waals surface area contributed by atoms with Gasteiger partial charge >= 0.3 is 0 Å². The fourth-order valence-electron chi connectivity index (χ4n) is 2.93. The molecule has 100 valence electrons. The zero-order valence-corrected chi connectivity index (χ0v) is 11.4. The van der Waals surface area contributed by atoms with Crippen molar-refractivity contribution >= 4 is 5.69 Å². The van der Waals surface area contributed by atoms with Gasteiger partial charge in [0.05, 0.1) is 0 Å². The van der Waals surface area contributed by atoms with Crippen LogP contribution in [0.4, 0.5) is 5.69 Å². The average molecular weight is 255 g/mol. The maximum absolute atomic E-state index is 4.55. The van der Waals surface area contributed by atoms with Crippen LogP contribution >= 0.6 is 0 Å². The number of hydrogen-bond acceptors (Lipinski definition) is 2. The molecule has 0 atom stereocenters. The van der Waals surface area contributed by atoms with Gasteiger partial charge in [-0.25, -0.2) is 4.98 Å². The summed E-state index contributed by atoms with van der Waals surface area (Å²) in [6.45, 7) is 0. The van der Waals surface area contributed by atoms with Crippen LogP contribution in [0.15, 0.2) is 30.5 Å². The number of nitrogens with one attached hydrogen (secondary N) is 2. The van der Waals surface area contributed by atoms with Crippen molar-refractivity contribution in [3.8, 4) is 11.4 Å². The molecule has 3 heteroatoms. The molecule has 2 N–H and O–H groups in total. The smallest absolute Gasteiger partial charge is 0.137 e. The normalized spacial score (nSPS) is 16.5. The maximum Gasteiger partial charge on any atom is 0.137 e. The number of H-pyrrole nitrogens is 1. The third kappa shape index (κ3) is 2.65. The predicted octanol–water partition coefficient (Wildman–Crippen LogP) is 4.17. The van der Waals surface area contributed by atoms with Gasteiger partial charge in [0.2, 0.25) is 0 Å². The van der Waals surface area contributed by atoms with Gasteiger partial charge in [-0.05, 0) is 25.0 Å². The van der Waals surface area contributed by atoms with Crippen molar-refractivity contribution < 1.29 is 0 Å². The van der Waals surface area contributed by atoms with E-state index in [1.807, 2.05) is 13.2 Å². The maximum atomic E-state index is 4.55. The second kappa shape index (κ2) is 5.47. The van der Waals surface area contributed by atoms with E-state index in [0.29, 0.717) is 5.92 Å². The Balaban J connectivity index is 1.83. The zero-order valence-electron chi connectivity index (χ0n) is 11.4. The summed E-state index contributed by atoms with van der Waals surface area (Å²) in [5, 5.41) is 3.17. The minimum absolute atomic E-state index is 0.683.